The van der Waals surface area contributed by atoms with E-state index in [-0.39, 0.29) is 24.4 Å². The van der Waals surface area contributed by atoms with Gasteiger partial charge >= 0.3 is 11.9 Å². The molecular formula is C26H17I3O7. The van der Waals surface area contributed by atoms with Crippen LogP contribution in [0.5, 0.6) is 5.75 Å². The van der Waals surface area contributed by atoms with E-state index in [1.54, 1.807) is 43.3 Å². The number of phenols is 1. The highest BCUT2D eigenvalue weighted by molar-refractivity contribution is 14.1. The maximum absolute atomic E-state index is 13.1. The largest absolute Gasteiger partial charge is 0.506 e. The molecule has 184 valence electrons. The number of rotatable bonds is 6. The predicted octanol–water partition coefficient (Wildman–Crippen LogP) is 6.28. The minimum absolute atomic E-state index is 0.0850. The van der Waals surface area contributed by atoms with Crippen LogP contribution in [0.15, 0.2) is 58.3 Å². The molecule has 2 aliphatic rings. The standard InChI is InChI=1S/C26H17I3O7/c1-3-18(30)34-8-9-35-26(33)14-7-5-4-6-13(14)19-15-10-12(2)22(31)20(28)24(15)36-25-16(19)11-17(27)23(32)21(25)29/h3-7,10-11,31H,1,8-9H2,2H3. The Morgan fingerprint density at radius 2 is 1.75 bits per heavy atom. The van der Waals surface area contributed by atoms with Gasteiger partial charge in [-0.3, -0.25) is 4.79 Å². The maximum atomic E-state index is 13.1. The molecular weight excluding hydrogens is 805 g/mol. The van der Waals surface area contributed by atoms with Crippen LogP contribution in [0.4, 0.5) is 0 Å². The van der Waals surface area contributed by atoms with E-state index in [0.717, 1.165) is 6.08 Å². The summed E-state index contributed by atoms with van der Waals surface area (Å²) in [4.78, 5) is 37.1. The number of halogens is 3. The highest BCUT2D eigenvalue weighted by Crippen LogP contribution is 2.46. The molecule has 2 aromatic rings. The number of fused-ring (bicyclic) bond motifs is 2. The maximum Gasteiger partial charge on any atom is 0.338 e. The molecule has 0 fully saturated rings. The molecule has 4 rings (SSSR count). The number of esters is 2. The van der Waals surface area contributed by atoms with E-state index in [0.29, 0.717) is 55.3 Å². The van der Waals surface area contributed by atoms with E-state index in [1.165, 1.54) is 0 Å². The molecule has 36 heavy (non-hydrogen) atoms. The zero-order chi connectivity index (χ0) is 26.1. The Morgan fingerprint density at radius 1 is 1.06 bits per heavy atom. The van der Waals surface area contributed by atoms with Crippen molar-refractivity contribution in [1.82, 2.24) is 0 Å². The molecule has 1 aliphatic heterocycles. The summed E-state index contributed by atoms with van der Waals surface area (Å²) < 4.78 is 17.9. The minimum Gasteiger partial charge on any atom is -0.506 e. The number of hydrogen-bond acceptors (Lipinski definition) is 7. The average Bonchev–Trinajstić information content (AvgIpc) is 2.87. The summed E-state index contributed by atoms with van der Waals surface area (Å²) in [6.07, 6.45) is 1.03. The number of benzene rings is 3. The number of aromatic hydroxyl groups is 1. The Hall–Kier alpha value is -2.20. The van der Waals surface area contributed by atoms with E-state index in [2.05, 4.69) is 6.58 Å². The zero-order valence-electron chi connectivity index (χ0n) is 18.7. The van der Waals surface area contributed by atoms with Crippen LogP contribution in [0.3, 0.4) is 0 Å². The number of phenolic OH excluding ortho intramolecular Hbond substituents is 1. The summed E-state index contributed by atoms with van der Waals surface area (Å²) in [7, 11) is 0. The quantitative estimate of drug-likeness (QED) is 0.0804. The van der Waals surface area contributed by atoms with Crippen molar-refractivity contribution in [2.24, 2.45) is 0 Å². The van der Waals surface area contributed by atoms with Crippen molar-refractivity contribution in [3.63, 3.8) is 0 Å². The lowest BCUT2D eigenvalue weighted by Gasteiger charge is -2.20. The van der Waals surface area contributed by atoms with Crippen LogP contribution in [0, 0.1) is 17.6 Å². The van der Waals surface area contributed by atoms with E-state index < -0.39 is 11.9 Å². The first-order valence-electron chi connectivity index (χ1n) is 10.5. The van der Waals surface area contributed by atoms with Crippen molar-refractivity contribution in [3.05, 3.63) is 81.1 Å². The van der Waals surface area contributed by atoms with Gasteiger partial charge < -0.3 is 19.0 Å². The lowest BCUT2D eigenvalue weighted by Crippen LogP contribution is -2.14. The molecule has 2 aromatic carbocycles. The molecule has 10 heteroatoms. The van der Waals surface area contributed by atoms with Gasteiger partial charge in [0.05, 0.1) is 12.7 Å². The number of ether oxygens (including phenoxy) is 2. The number of hydrogen-bond donors (Lipinski definition) is 1. The minimum atomic E-state index is -0.604. The fraction of sp³-hybridized carbons (Fsp3) is 0.115. The predicted molar refractivity (Wildman–Crippen MR) is 161 cm³/mol. The van der Waals surface area contributed by atoms with Gasteiger partial charge in [-0.25, -0.2) is 9.59 Å². The van der Waals surface area contributed by atoms with Crippen molar-refractivity contribution in [1.29, 1.82) is 0 Å². The number of carbonyl (C=O) groups excluding carboxylic acids is 2. The highest BCUT2D eigenvalue weighted by atomic mass is 127. The van der Waals surface area contributed by atoms with E-state index in [4.69, 9.17) is 13.9 Å². The summed E-state index contributed by atoms with van der Waals surface area (Å²) in [5, 5.41) is 11.3. The molecule has 1 heterocycles. The SMILES string of the molecule is C=CC(=O)OCCOC(=O)c1ccccc1-c1c2cc(I)c(=O)c(I)c-2oc2c(I)c(O)c(C)cc12. The van der Waals surface area contributed by atoms with Gasteiger partial charge in [0.1, 0.15) is 22.5 Å². The van der Waals surface area contributed by atoms with Gasteiger partial charge in [-0.2, -0.15) is 0 Å². The fourth-order valence-electron chi connectivity index (χ4n) is 3.73. The van der Waals surface area contributed by atoms with E-state index in [9.17, 15) is 19.5 Å². The lowest BCUT2D eigenvalue weighted by atomic mass is 9.90. The average molecular weight is 822 g/mol. The Labute approximate surface area is 246 Å². The molecule has 1 N–H and O–H groups in total. The van der Waals surface area contributed by atoms with Gasteiger partial charge in [0.2, 0.25) is 5.43 Å². The number of aryl methyl sites for hydroxylation is 1. The van der Waals surface area contributed by atoms with Gasteiger partial charge in [-0.05, 0) is 104 Å². The third-order valence-electron chi connectivity index (χ3n) is 5.40. The van der Waals surface area contributed by atoms with Crippen molar-refractivity contribution < 1.29 is 28.6 Å². The van der Waals surface area contributed by atoms with Crippen LogP contribution >= 0.6 is 67.8 Å². The molecule has 0 unspecified atom stereocenters. The van der Waals surface area contributed by atoms with Crippen molar-refractivity contribution in [2.75, 3.05) is 13.2 Å². The first-order chi connectivity index (χ1) is 17.1. The molecule has 0 bridgehead atoms. The molecule has 0 saturated heterocycles. The summed E-state index contributed by atoms with van der Waals surface area (Å²) >= 11 is 5.96. The fourth-order valence-corrected chi connectivity index (χ4v) is 6.35. The second-order valence-electron chi connectivity index (χ2n) is 7.64. The summed E-state index contributed by atoms with van der Waals surface area (Å²) in [5.74, 6) is -0.754. The smallest absolute Gasteiger partial charge is 0.338 e. The second kappa shape index (κ2) is 11.0. The molecule has 1 aliphatic carbocycles. The first-order valence-corrected chi connectivity index (χ1v) is 13.7. The van der Waals surface area contributed by atoms with Gasteiger partial charge in [0.15, 0.2) is 11.3 Å². The highest BCUT2D eigenvalue weighted by Gasteiger charge is 2.27. The third-order valence-corrected chi connectivity index (χ3v) is 8.19. The van der Waals surface area contributed by atoms with Crippen LogP contribution in [0.25, 0.3) is 33.4 Å². The van der Waals surface area contributed by atoms with Gasteiger partial charge in [-0.1, -0.05) is 24.8 Å². The van der Waals surface area contributed by atoms with Crippen molar-refractivity contribution in [3.8, 4) is 28.2 Å². The van der Waals surface area contributed by atoms with E-state index in [1.807, 2.05) is 67.8 Å². The van der Waals surface area contributed by atoms with Crippen LogP contribution in [-0.2, 0) is 14.3 Å². The third kappa shape index (κ3) is 4.98. The monoisotopic (exact) mass is 822 g/mol. The van der Waals surface area contributed by atoms with Crippen LogP contribution < -0.4 is 5.43 Å². The lowest BCUT2D eigenvalue weighted by molar-refractivity contribution is -0.138. The Kier molecular flexibility index (Phi) is 8.24. The topological polar surface area (TPSA) is 103 Å². The molecule has 0 radical (unpaired) electrons. The zero-order valence-corrected chi connectivity index (χ0v) is 25.2. The molecule has 0 spiro atoms. The Balaban J connectivity index is 1.96. The normalized spacial score (nSPS) is 11.0. The molecule has 0 amide bonds. The van der Waals surface area contributed by atoms with E-state index >= 15 is 0 Å². The van der Waals surface area contributed by atoms with Crippen molar-refractivity contribution in [2.45, 2.75) is 6.92 Å². The molecule has 7 nitrogen and oxygen atoms in total. The summed E-state index contributed by atoms with van der Waals surface area (Å²) in [6, 6.07) is 10.5. The first kappa shape index (κ1) is 26.9. The summed E-state index contributed by atoms with van der Waals surface area (Å²) in [5.41, 5.74) is 3.06. The van der Waals surface area contributed by atoms with Gasteiger partial charge in [0.25, 0.3) is 0 Å². The van der Waals surface area contributed by atoms with Crippen LogP contribution in [0.1, 0.15) is 15.9 Å². The molecule has 0 saturated carbocycles. The molecule has 0 atom stereocenters. The van der Waals surface area contributed by atoms with Crippen LogP contribution in [-0.4, -0.2) is 30.3 Å². The molecule has 0 aromatic heterocycles. The van der Waals surface area contributed by atoms with Crippen LogP contribution in [0.2, 0.25) is 0 Å². The number of carbonyl (C=O) groups is 2. The van der Waals surface area contributed by atoms with Gasteiger partial charge in [-0.15, -0.1) is 0 Å². The summed E-state index contributed by atoms with van der Waals surface area (Å²) in [6.45, 7) is 4.88. The van der Waals surface area contributed by atoms with Gasteiger partial charge in [0, 0.05) is 22.6 Å². The van der Waals surface area contributed by atoms with Crippen molar-refractivity contribution >= 4 is 90.7 Å². The Bertz CT molecular complexity index is 1570. The second-order valence-corrected chi connectivity index (χ2v) is 11.0. The Morgan fingerprint density at radius 3 is 2.47 bits per heavy atom.